The largest absolute Gasteiger partial charge is 0.327 e. The Hall–Kier alpha value is -0.600. The van der Waals surface area contributed by atoms with E-state index in [1.807, 2.05) is 0 Å². The normalized spacial score (nSPS) is 15.5. The third-order valence-corrected chi connectivity index (χ3v) is 3.99. The highest BCUT2D eigenvalue weighted by Crippen LogP contribution is 2.29. The van der Waals surface area contributed by atoms with Crippen LogP contribution in [0.4, 0.5) is 4.39 Å². The van der Waals surface area contributed by atoms with Gasteiger partial charge in [0, 0.05) is 11.1 Å². The first-order valence-electron chi connectivity index (χ1n) is 6.39. The highest BCUT2D eigenvalue weighted by Gasteiger charge is 2.22. The molecule has 0 aromatic heterocycles. The minimum Gasteiger partial charge on any atom is -0.327 e. The molecule has 0 amide bonds. The van der Waals surface area contributed by atoms with Gasteiger partial charge in [0.2, 0.25) is 0 Å². The molecule has 0 radical (unpaired) electrons. The molecule has 0 saturated carbocycles. The van der Waals surface area contributed by atoms with Crippen LogP contribution in [0.1, 0.15) is 39.7 Å². The van der Waals surface area contributed by atoms with Gasteiger partial charge in [-0.1, -0.05) is 39.3 Å². The Bertz CT molecular complexity index is 398. The maximum Gasteiger partial charge on any atom is 0.123 e. The first kappa shape index (κ1) is 15.5. The van der Waals surface area contributed by atoms with Crippen molar-refractivity contribution in [3.63, 3.8) is 0 Å². The third kappa shape index (κ3) is 4.58. The summed E-state index contributed by atoms with van der Waals surface area (Å²) in [5, 5.41) is 0.593. The van der Waals surface area contributed by atoms with E-state index in [1.54, 1.807) is 6.07 Å². The first-order valence-corrected chi connectivity index (χ1v) is 6.77. The van der Waals surface area contributed by atoms with Crippen molar-refractivity contribution in [2.45, 2.75) is 46.6 Å². The van der Waals surface area contributed by atoms with Crippen molar-refractivity contribution in [1.29, 1.82) is 0 Å². The zero-order valence-corrected chi connectivity index (χ0v) is 12.4. The molecule has 0 aliphatic carbocycles. The fraction of sp³-hybridized carbons (Fsp3) is 0.600. The lowest BCUT2D eigenvalue weighted by Gasteiger charge is -2.29. The van der Waals surface area contributed by atoms with Crippen LogP contribution in [0.15, 0.2) is 18.2 Å². The number of hydrogen-bond donors (Lipinski definition) is 1. The topological polar surface area (TPSA) is 26.0 Å². The molecule has 0 aliphatic heterocycles. The molecule has 2 N–H and O–H groups in total. The SMILES string of the molecule is CC(CC(N)Cc1cc(F)ccc1Cl)C(C)(C)C. The molecule has 1 aromatic rings. The molecule has 18 heavy (non-hydrogen) atoms. The Morgan fingerprint density at radius 2 is 1.94 bits per heavy atom. The molecular formula is C15H23ClFN. The van der Waals surface area contributed by atoms with E-state index >= 15 is 0 Å². The quantitative estimate of drug-likeness (QED) is 0.862. The summed E-state index contributed by atoms with van der Waals surface area (Å²) >= 11 is 6.04. The molecule has 102 valence electrons. The second-order valence-electron chi connectivity index (χ2n) is 6.20. The molecule has 1 rings (SSSR count). The Labute approximate surface area is 115 Å². The maximum atomic E-state index is 13.1. The van der Waals surface area contributed by atoms with E-state index in [2.05, 4.69) is 27.7 Å². The number of halogens is 2. The lowest BCUT2D eigenvalue weighted by Crippen LogP contribution is -2.30. The fourth-order valence-corrected chi connectivity index (χ4v) is 2.07. The average Bonchev–Trinajstić information content (AvgIpc) is 2.22. The molecule has 2 unspecified atom stereocenters. The monoisotopic (exact) mass is 271 g/mol. The molecule has 0 saturated heterocycles. The van der Waals surface area contributed by atoms with Gasteiger partial charge >= 0.3 is 0 Å². The van der Waals surface area contributed by atoms with Crippen molar-refractivity contribution >= 4 is 11.6 Å². The first-order chi connectivity index (χ1) is 8.20. The van der Waals surface area contributed by atoms with Crippen LogP contribution in [-0.2, 0) is 6.42 Å². The molecule has 2 atom stereocenters. The van der Waals surface area contributed by atoms with Crippen molar-refractivity contribution in [2.24, 2.45) is 17.1 Å². The Morgan fingerprint density at radius 3 is 2.50 bits per heavy atom. The van der Waals surface area contributed by atoms with Gasteiger partial charge in [-0.2, -0.15) is 0 Å². The van der Waals surface area contributed by atoms with Crippen LogP contribution in [0.25, 0.3) is 0 Å². The van der Waals surface area contributed by atoms with Crippen molar-refractivity contribution < 1.29 is 4.39 Å². The van der Waals surface area contributed by atoms with E-state index in [4.69, 9.17) is 17.3 Å². The summed E-state index contributed by atoms with van der Waals surface area (Å²) in [6.45, 7) is 8.83. The van der Waals surface area contributed by atoms with E-state index in [-0.39, 0.29) is 17.3 Å². The van der Waals surface area contributed by atoms with Gasteiger partial charge in [-0.15, -0.1) is 0 Å². The third-order valence-electron chi connectivity index (χ3n) is 3.62. The Morgan fingerprint density at radius 1 is 1.33 bits per heavy atom. The molecule has 0 fully saturated rings. The lowest BCUT2D eigenvalue weighted by atomic mass is 9.78. The van der Waals surface area contributed by atoms with E-state index in [1.165, 1.54) is 12.1 Å². The van der Waals surface area contributed by atoms with Crippen LogP contribution >= 0.6 is 11.6 Å². The number of rotatable bonds is 4. The predicted octanol–water partition coefficient (Wildman–Crippen LogP) is 4.42. The molecule has 0 aliphatic rings. The minimum absolute atomic E-state index is 0.0125. The summed E-state index contributed by atoms with van der Waals surface area (Å²) in [5.74, 6) is 0.255. The van der Waals surface area contributed by atoms with Crippen LogP contribution in [0.2, 0.25) is 5.02 Å². The van der Waals surface area contributed by atoms with Crippen LogP contribution in [0.3, 0.4) is 0 Å². The Balaban J connectivity index is 2.65. The molecule has 1 aromatic carbocycles. The van der Waals surface area contributed by atoms with Crippen LogP contribution in [-0.4, -0.2) is 6.04 Å². The number of nitrogens with two attached hydrogens (primary N) is 1. The van der Waals surface area contributed by atoms with Crippen molar-refractivity contribution in [1.82, 2.24) is 0 Å². The van der Waals surface area contributed by atoms with Crippen molar-refractivity contribution in [3.05, 3.63) is 34.6 Å². The zero-order valence-electron chi connectivity index (χ0n) is 11.6. The molecule has 0 spiro atoms. The van der Waals surface area contributed by atoms with Gasteiger partial charge < -0.3 is 5.73 Å². The average molecular weight is 272 g/mol. The highest BCUT2D eigenvalue weighted by atomic mass is 35.5. The minimum atomic E-state index is -0.259. The van der Waals surface area contributed by atoms with Gasteiger partial charge in [0.25, 0.3) is 0 Å². The summed E-state index contributed by atoms with van der Waals surface area (Å²) in [6.07, 6.45) is 1.54. The number of benzene rings is 1. The second kappa shape index (κ2) is 6.03. The standard InChI is InChI=1S/C15H23ClFN/c1-10(15(2,3)4)7-13(18)9-11-8-12(17)5-6-14(11)16/h5-6,8,10,13H,7,9,18H2,1-4H3. The van der Waals surface area contributed by atoms with E-state index in [0.717, 1.165) is 12.0 Å². The zero-order chi connectivity index (χ0) is 13.9. The van der Waals surface area contributed by atoms with E-state index in [9.17, 15) is 4.39 Å². The Kier molecular flexibility index (Phi) is 5.18. The summed E-state index contributed by atoms with van der Waals surface area (Å²) in [4.78, 5) is 0. The molecule has 0 bridgehead atoms. The van der Waals surface area contributed by atoms with Gasteiger partial charge in [0.05, 0.1) is 0 Å². The van der Waals surface area contributed by atoms with Gasteiger partial charge in [0.1, 0.15) is 5.82 Å². The second-order valence-corrected chi connectivity index (χ2v) is 6.61. The maximum absolute atomic E-state index is 13.1. The van der Waals surface area contributed by atoms with E-state index < -0.39 is 0 Å². The molecular weight excluding hydrogens is 249 g/mol. The summed E-state index contributed by atoms with van der Waals surface area (Å²) in [5.41, 5.74) is 7.18. The smallest absolute Gasteiger partial charge is 0.123 e. The molecule has 3 heteroatoms. The lowest BCUT2D eigenvalue weighted by molar-refractivity contribution is 0.233. The van der Waals surface area contributed by atoms with Crippen LogP contribution in [0.5, 0.6) is 0 Å². The fourth-order valence-electron chi connectivity index (χ4n) is 1.87. The summed E-state index contributed by atoms with van der Waals surface area (Å²) in [7, 11) is 0. The number of hydrogen-bond acceptors (Lipinski definition) is 1. The van der Waals surface area contributed by atoms with Gasteiger partial charge in [-0.3, -0.25) is 0 Å². The summed E-state index contributed by atoms with van der Waals surface area (Å²) < 4.78 is 13.1. The van der Waals surface area contributed by atoms with Crippen molar-refractivity contribution in [3.8, 4) is 0 Å². The van der Waals surface area contributed by atoms with Crippen molar-refractivity contribution in [2.75, 3.05) is 0 Å². The van der Waals surface area contributed by atoms with Crippen LogP contribution < -0.4 is 5.73 Å². The van der Waals surface area contributed by atoms with Gasteiger partial charge in [-0.25, -0.2) is 4.39 Å². The van der Waals surface area contributed by atoms with Gasteiger partial charge in [0.15, 0.2) is 0 Å². The highest BCUT2D eigenvalue weighted by molar-refractivity contribution is 6.31. The molecule has 1 nitrogen and oxygen atoms in total. The van der Waals surface area contributed by atoms with E-state index in [0.29, 0.717) is 17.4 Å². The predicted molar refractivity (Wildman–Crippen MR) is 76.3 cm³/mol. The van der Waals surface area contributed by atoms with Gasteiger partial charge in [-0.05, 0) is 47.9 Å². The summed E-state index contributed by atoms with van der Waals surface area (Å²) in [6, 6.07) is 4.45. The van der Waals surface area contributed by atoms with Crippen LogP contribution in [0, 0.1) is 17.2 Å². The molecule has 0 heterocycles.